The molecular formula is C20H16N2O2. The molecule has 24 heavy (non-hydrogen) atoms. The fourth-order valence-corrected chi connectivity index (χ4v) is 3.38. The molecule has 1 N–H and O–H groups in total. The summed E-state index contributed by atoms with van der Waals surface area (Å²) in [5.74, 6) is -0.882. The third-order valence-electron chi connectivity index (χ3n) is 4.41. The van der Waals surface area contributed by atoms with Gasteiger partial charge in [-0.1, -0.05) is 24.3 Å². The van der Waals surface area contributed by atoms with Gasteiger partial charge in [0.1, 0.15) is 0 Å². The summed E-state index contributed by atoms with van der Waals surface area (Å²) >= 11 is 0. The van der Waals surface area contributed by atoms with E-state index in [9.17, 15) is 9.90 Å². The maximum atomic E-state index is 11.9. The molecule has 0 saturated heterocycles. The van der Waals surface area contributed by atoms with E-state index in [0.29, 0.717) is 10.9 Å². The number of hydrogen-bond acceptors (Lipinski definition) is 3. The van der Waals surface area contributed by atoms with Gasteiger partial charge in [-0.25, -0.2) is 9.78 Å². The summed E-state index contributed by atoms with van der Waals surface area (Å²) in [7, 11) is 0. The van der Waals surface area contributed by atoms with Gasteiger partial charge in [-0.2, -0.15) is 0 Å². The van der Waals surface area contributed by atoms with E-state index >= 15 is 0 Å². The zero-order valence-electron chi connectivity index (χ0n) is 13.1. The van der Waals surface area contributed by atoms with Crippen molar-refractivity contribution in [1.82, 2.24) is 9.97 Å². The average molecular weight is 316 g/mol. The van der Waals surface area contributed by atoms with Crippen molar-refractivity contribution in [3.05, 3.63) is 71.2 Å². The standard InChI is InChI=1S/C20H16N2O2/c23-20(24)18-15-7-1-2-9-17(15)22-19-14(6-3-8-16(18)19)11-13-5-4-10-21-12-13/h1-2,4-5,7,9-12H,3,6,8H2,(H,23,24)/b14-11+. The number of aromatic nitrogens is 2. The fraction of sp³-hybridized carbons (Fsp3) is 0.150. The van der Waals surface area contributed by atoms with E-state index < -0.39 is 5.97 Å². The Bertz CT molecular complexity index is 962. The number of aromatic carboxylic acids is 1. The maximum Gasteiger partial charge on any atom is 0.336 e. The van der Waals surface area contributed by atoms with Gasteiger partial charge in [0.25, 0.3) is 0 Å². The third kappa shape index (κ3) is 2.46. The van der Waals surface area contributed by atoms with E-state index in [-0.39, 0.29) is 0 Å². The van der Waals surface area contributed by atoms with Gasteiger partial charge in [0.2, 0.25) is 0 Å². The monoisotopic (exact) mass is 316 g/mol. The lowest BCUT2D eigenvalue weighted by atomic mass is 9.86. The first kappa shape index (κ1) is 14.6. The molecule has 0 bridgehead atoms. The second kappa shape index (κ2) is 5.89. The lowest BCUT2D eigenvalue weighted by Gasteiger charge is -2.21. The Morgan fingerprint density at radius 2 is 2.00 bits per heavy atom. The van der Waals surface area contributed by atoms with Gasteiger partial charge in [0.15, 0.2) is 0 Å². The summed E-state index contributed by atoms with van der Waals surface area (Å²) in [5, 5.41) is 10.5. The number of para-hydroxylation sites is 1. The minimum Gasteiger partial charge on any atom is -0.478 e. The molecular weight excluding hydrogens is 300 g/mol. The Labute approximate surface area is 139 Å². The van der Waals surface area contributed by atoms with Crippen LogP contribution in [-0.4, -0.2) is 21.0 Å². The van der Waals surface area contributed by atoms with E-state index in [1.807, 2.05) is 36.4 Å². The van der Waals surface area contributed by atoms with Gasteiger partial charge in [-0.05, 0) is 54.2 Å². The summed E-state index contributed by atoms with van der Waals surface area (Å²) in [6, 6.07) is 11.3. The summed E-state index contributed by atoms with van der Waals surface area (Å²) < 4.78 is 0. The quantitative estimate of drug-likeness (QED) is 0.769. The Kier molecular flexibility index (Phi) is 3.58. The highest BCUT2D eigenvalue weighted by Gasteiger charge is 2.24. The minimum atomic E-state index is -0.882. The van der Waals surface area contributed by atoms with Crippen LogP contribution >= 0.6 is 0 Å². The van der Waals surface area contributed by atoms with E-state index in [1.165, 1.54) is 0 Å². The number of carboxylic acid groups (broad SMARTS) is 1. The van der Waals surface area contributed by atoms with Gasteiger partial charge in [-0.15, -0.1) is 0 Å². The largest absolute Gasteiger partial charge is 0.478 e. The number of fused-ring (bicyclic) bond motifs is 2. The van der Waals surface area contributed by atoms with Crippen LogP contribution in [0.4, 0.5) is 0 Å². The molecule has 118 valence electrons. The van der Waals surface area contributed by atoms with Crippen LogP contribution in [-0.2, 0) is 6.42 Å². The van der Waals surface area contributed by atoms with Gasteiger partial charge in [-0.3, -0.25) is 4.98 Å². The number of allylic oxidation sites excluding steroid dienone is 1. The molecule has 3 aromatic rings. The molecule has 4 heteroatoms. The molecule has 0 fully saturated rings. The number of benzene rings is 1. The second-order valence-corrected chi connectivity index (χ2v) is 5.95. The Morgan fingerprint density at radius 1 is 1.12 bits per heavy atom. The fourth-order valence-electron chi connectivity index (χ4n) is 3.38. The van der Waals surface area contributed by atoms with Crippen LogP contribution in [0.15, 0.2) is 48.8 Å². The number of carbonyl (C=O) groups is 1. The molecule has 0 spiro atoms. The van der Waals surface area contributed by atoms with E-state index in [0.717, 1.165) is 47.2 Å². The van der Waals surface area contributed by atoms with Crippen LogP contribution < -0.4 is 0 Å². The Balaban J connectivity index is 1.98. The first-order valence-corrected chi connectivity index (χ1v) is 8.00. The molecule has 1 aliphatic carbocycles. The van der Waals surface area contributed by atoms with Crippen LogP contribution in [0.5, 0.6) is 0 Å². The third-order valence-corrected chi connectivity index (χ3v) is 4.41. The number of nitrogens with zero attached hydrogens (tertiary/aromatic N) is 2. The highest BCUT2D eigenvalue weighted by molar-refractivity contribution is 6.05. The normalized spacial score (nSPS) is 15.4. The molecule has 1 aliphatic rings. The number of hydrogen-bond donors (Lipinski definition) is 1. The van der Waals surface area contributed by atoms with Crippen LogP contribution in [0.3, 0.4) is 0 Å². The molecule has 2 heterocycles. The molecule has 0 atom stereocenters. The molecule has 2 aromatic heterocycles. The van der Waals surface area contributed by atoms with E-state index in [1.54, 1.807) is 12.4 Å². The highest BCUT2D eigenvalue weighted by Crippen LogP contribution is 2.35. The predicted molar refractivity (Wildman–Crippen MR) is 93.7 cm³/mol. The lowest BCUT2D eigenvalue weighted by molar-refractivity contribution is 0.0697. The van der Waals surface area contributed by atoms with Crippen molar-refractivity contribution >= 4 is 28.5 Å². The Morgan fingerprint density at radius 3 is 2.79 bits per heavy atom. The molecule has 0 amide bonds. The van der Waals surface area contributed by atoms with Crippen LogP contribution in [0, 0.1) is 0 Å². The summed E-state index contributed by atoms with van der Waals surface area (Å²) in [4.78, 5) is 20.8. The summed E-state index contributed by atoms with van der Waals surface area (Å²) in [5.41, 5.74) is 4.88. The second-order valence-electron chi connectivity index (χ2n) is 5.95. The lowest BCUT2D eigenvalue weighted by Crippen LogP contribution is -2.13. The number of carboxylic acids is 1. The van der Waals surface area contributed by atoms with Crippen molar-refractivity contribution in [2.75, 3.05) is 0 Å². The van der Waals surface area contributed by atoms with Crippen molar-refractivity contribution in [2.24, 2.45) is 0 Å². The zero-order chi connectivity index (χ0) is 16.5. The molecule has 1 aromatic carbocycles. The zero-order valence-corrected chi connectivity index (χ0v) is 13.1. The van der Waals surface area contributed by atoms with Crippen LogP contribution in [0.25, 0.3) is 22.6 Å². The first-order valence-electron chi connectivity index (χ1n) is 8.00. The van der Waals surface area contributed by atoms with Crippen molar-refractivity contribution in [1.29, 1.82) is 0 Å². The first-order chi connectivity index (χ1) is 11.7. The van der Waals surface area contributed by atoms with Crippen LogP contribution in [0.1, 0.15) is 40.0 Å². The van der Waals surface area contributed by atoms with Gasteiger partial charge >= 0.3 is 5.97 Å². The van der Waals surface area contributed by atoms with Crippen molar-refractivity contribution < 1.29 is 9.90 Å². The van der Waals surface area contributed by atoms with E-state index in [2.05, 4.69) is 11.1 Å². The molecule has 0 aliphatic heterocycles. The van der Waals surface area contributed by atoms with Gasteiger partial charge in [0.05, 0.1) is 16.8 Å². The Hall–Kier alpha value is -3.01. The molecule has 4 rings (SSSR count). The minimum absolute atomic E-state index is 0.396. The SMILES string of the molecule is O=C(O)c1c2c(nc3ccccc13)/C(=C/c1cccnc1)CCC2. The molecule has 0 saturated carbocycles. The topological polar surface area (TPSA) is 63.1 Å². The summed E-state index contributed by atoms with van der Waals surface area (Å²) in [6.07, 6.45) is 8.19. The molecule has 0 radical (unpaired) electrons. The van der Waals surface area contributed by atoms with Crippen molar-refractivity contribution in [3.63, 3.8) is 0 Å². The van der Waals surface area contributed by atoms with Gasteiger partial charge in [0, 0.05) is 17.8 Å². The highest BCUT2D eigenvalue weighted by atomic mass is 16.4. The maximum absolute atomic E-state index is 11.9. The van der Waals surface area contributed by atoms with Crippen molar-refractivity contribution in [2.45, 2.75) is 19.3 Å². The number of rotatable bonds is 2. The predicted octanol–water partition coefficient (Wildman–Crippen LogP) is 4.20. The molecule has 0 unspecified atom stereocenters. The summed E-state index contributed by atoms with van der Waals surface area (Å²) in [6.45, 7) is 0. The number of pyridine rings is 2. The average Bonchev–Trinajstić information content (AvgIpc) is 2.61. The molecule has 4 nitrogen and oxygen atoms in total. The van der Waals surface area contributed by atoms with E-state index in [4.69, 9.17) is 4.98 Å². The van der Waals surface area contributed by atoms with Crippen LogP contribution in [0.2, 0.25) is 0 Å². The smallest absolute Gasteiger partial charge is 0.336 e. The van der Waals surface area contributed by atoms with Crippen molar-refractivity contribution in [3.8, 4) is 0 Å². The van der Waals surface area contributed by atoms with Gasteiger partial charge < -0.3 is 5.11 Å².